The number of hydrogen-bond donors (Lipinski definition) is 2. The highest BCUT2D eigenvalue weighted by atomic mass is 79.9. The number of pyridine rings is 1. The van der Waals surface area contributed by atoms with Crippen molar-refractivity contribution in [2.45, 2.75) is 12.8 Å². The number of rotatable bonds is 4. The number of amides is 2. The lowest BCUT2D eigenvalue weighted by Crippen LogP contribution is -2.41. The molecule has 0 saturated heterocycles. The topological polar surface area (TPSA) is 71.1 Å². The van der Waals surface area contributed by atoms with E-state index in [9.17, 15) is 9.59 Å². The molecule has 0 saturated carbocycles. The molecule has 2 N–H and O–H groups in total. The van der Waals surface area contributed by atoms with E-state index in [2.05, 4.69) is 31.8 Å². The van der Waals surface area contributed by atoms with E-state index in [1.54, 1.807) is 24.5 Å². The van der Waals surface area contributed by atoms with Gasteiger partial charge < -0.3 is 0 Å². The van der Waals surface area contributed by atoms with Crippen LogP contribution in [0.2, 0.25) is 0 Å². The molecule has 0 spiro atoms. The van der Waals surface area contributed by atoms with E-state index in [0.717, 1.165) is 9.35 Å². The lowest BCUT2D eigenvalue weighted by atomic mass is 10.1. The van der Waals surface area contributed by atoms with Gasteiger partial charge in [-0.05, 0) is 46.1 Å². The molecule has 2 amide bonds. The molecule has 2 rings (SSSR count). The van der Waals surface area contributed by atoms with Gasteiger partial charge in [-0.25, -0.2) is 0 Å². The molecule has 0 aliphatic heterocycles. The number of nitrogens with one attached hydrogen (secondary N) is 2. The predicted molar refractivity (Wildman–Crippen MR) is 80.2 cm³/mol. The lowest BCUT2D eigenvalue weighted by molar-refractivity contribution is -0.121. The summed E-state index contributed by atoms with van der Waals surface area (Å²) in [6, 6.07) is 7.20. The second-order valence-electron chi connectivity index (χ2n) is 3.97. The number of thiophene rings is 1. The Bertz CT molecular complexity index is 601. The average Bonchev–Trinajstić information content (AvgIpc) is 2.90. The molecule has 0 aliphatic carbocycles. The maximum Gasteiger partial charge on any atom is 0.279 e. The maximum atomic E-state index is 11.7. The van der Waals surface area contributed by atoms with Crippen molar-refractivity contribution < 1.29 is 9.59 Å². The SMILES string of the molecule is O=C(CCc1cccnc1)NNC(=O)c1ccc(Br)s1. The van der Waals surface area contributed by atoms with Crippen molar-refractivity contribution in [3.8, 4) is 0 Å². The highest BCUT2D eigenvalue weighted by molar-refractivity contribution is 9.11. The first kappa shape index (κ1) is 14.7. The van der Waals surface area contributed by atoms with Crippen LogP contribution in [0.4, 0.5) is 0 Å². The fraction of sp³-hybridized carbons (Fsp3) is 0.154. The van der Waals surface area contributed by atoms with Crippen LogP contribution in [0.25, 0.3) is 0 Å². The molecule has 2 heterocycles. The Hall–Kier alpha value is -1.73. The van der Waals surface area contributed by atoms with Gasteiger partial charge in [-0.3, -0.25) is 25.4 Å². The molecular formula is C13H12BrN3O2S. The molecule has 104 valence electrons. The van der Waals surface area contributed by atoms with Gasteiger partial charge in [0.15, 0.2) is 0 Å². The Morgan fingerprint density at radius 2 is 2.10 bits per heavy atom. The van der Waals surface area contributed by atoms with Gasteiger partial charge in [0, 0.05) is 18.8 Å². The smallest absolute Gasteiger partial charge is 0.273 e. The number of hydrogen-bond acceptors (Lipinski definition) is 4. The Kier molecular flexibility index (Phi) is 5.25. The number of carbonyl (C=O) groups is 2. The van der Waals surface area contributed by atoms with E-state index >= 15 is 0 Å². The largest absolute Gasteiger partial charge is 0.279 e. The number of aryl methyl sites for hydroxylation is 1. The van der Waals surface area contributed by atoms with Crippen LogP contribution in [-0.2, 0) is 11.2 Å². The molecule has 0 fully saturated rings. The summed E-state index contributed by atoms with van der Waals surface area (Å²) in [5, 5.41) is 0. The standard InChI is InChI=1S/C13H12BrN3O2S/c14-11-5-4-10(20-11)13(19)17-16-12(18)6-3-9-2-1-7-15-8-9/h1-2,4-5,7-8H,3,6H2,(H,16,18)(H,17,19). The Balaban J connectivity index is 1.74. The number of hydrazine groups is 1. The van der Waals surface area contributed by atoms with E-state index in [-0.39, 0.29) is 11.8 Å². The van der Waals surface area contributed by atoms with Crippen LogP contribution in [0, 0.1) is 0 Å². The summed E-state index contributed by atoms with van der Waals surface area (Å²) in [6.07, 6.45) is 4.28. The molecule has 7 heteroatoms. The third kappa shape index (κ3) is 4.43. The van der Waals surface area contributed by atoms with Gasteiger partial charge in [-0.1, -0.05) is 6.07 Å². The summed E-state index contributed by atoms with van der Waals surface area (Å²) >= 11 is 4.58. The molecular weight excluding hydrogens is 342 g/mol. The molecule has 2 aromatic heterocycles. The number of nitrogens with zero attached hydrogens (tertiary/aromatic N) is 1. The average molecular weight is 354 g/mol. The van der Waals surface area contributed by atoms with Gasteiger partial charge in [0.05, 0.1) is 8.66 Å². The molecule has 5 nitrogen and oxygen atoms in total. The first-order valence-corrected chi connectivity index (χ1v) is 7.49. The third-order valence-corrected chi connectivity index (χ3v) is 4.10. The highest BCUT2D eigenvalue weighted by Gasteiger charge is 2.09. The maximum absolute atomic E-state index is 11.7. The Morgan fingerprint density at radius 3 is 2.75 bits per heavy atom. The Labute approximate surface area is 128 Å². The number of halogens is 1. The lowest BCUT2D eigenvalue weighted by Gasteiger charge is -2.06. The molecule has 0 atom stereocenters. The van der Waals surface area contributed by atoms with E-state index in [0.29, 0.717) is 17.7 Å². The van der Waals surface area contributed by atoms with E-state index in [4.69, 9.17) is 0 Å². The van der Waals surface area contributed by atoms with Crippen molar-refractivity contribution in [1.82, 2.24) is 15.8 Å². The van der Waals surface area contributed by atoms with Crippen LogP contribution in [0.5, 0.6) is 0 Å². The zero-order valence-electron chi connectivity index (χ0n) is 10.4. The van der Waals surface area contributed by atoms with Gasteiger partial charge >= 0.3 is 0 Å². The summed E-state index contributed by atoms with van der Waals surface area (Å²) in [5.74, 6) is -0.562. The zero-order valence-corrected chi connectivity index (χ0v) is 12.8. The zero-order chi connectivity index (χ0) is 14.4. The van der Waals surface area contributed by atoms with Crippen LogP contribution in [0.1, 0.15) is 21.7 Å². The Morgan fingerprint density at radius 1 is 1.25 bits per heavy atom. The van der Waals surface area contributed by atoms with Crippen molar-refractivity contribution >= 4 is 39.1 Å². The summed E-state index contributed by atoms with van der Waals surface area (Å²) in [4.78, 5) is 27.8. The monoisotopic (exact) mass is 353 g/mol. The first-order valence-electron chi connectivity index (χ1n) is 5.88. The molecule has 0 radical (unpaired) electrons. The minimum absolute atomic E-state index is 0.238. The molecule has 2 aromatic rings. The van der Waals surface area contributed by atoms with Gasteiger partial charge in [0.1, 0.15) is 0 Å². The van der Waals surface area contributed by atoms with Crippen LogP contribution in [0.3, 0.4) is 0 Å². The van der Waals surface area contributed by atoms with Gasteiger partial charge in [0.25, 0.3) is 5.91 Å². The van der Waals surface area contributed by atoms with Crippen molar-refractivity contribution in [1.29, 1.82) is 0 Å². The summed E-state index contributed by atoms with van der Waals surface area (Å²) in [5.41, 5.74) is 5.76. The summed E-state index contributed by atoms with van der Waals surface area (Å²) < 4.78 is 0.866. The number of aromatic nitrogens is 1. The summed E-state index contributed by atoms with van der Waals surface area (Å²) in [6.45, 7) is 0. The minimum Gasteiger partial charge on any atom is -0.273 e. The third-order valence-electron chi connectivity index (χ3n) is 2.48. The minimum atomic E-state index is -0.324. The number of carbonyl (C=O) groups excluding carboxylic acids is 2. The summed E-state index contributed by atoms with van der Waals surface area (Å²) in [7, 11) is 0. The quantitative estimate of drug-likeness (QED) is 0.828. The normalized spacial score (nSPS) is 10.1. The molecule has 0 aromatic carbocycles. The van der Waals surface area contributed by atoms with Crippen LogP contribution >= 0.6 is 27.3 Å². The van der Waals surface area contributed by atoms with Crippen LogP contribution in [0.15, 0.2) is 40.4 Å². The second kappa shape index (κ2) is 7.16. The fourth-order valence-electron chi connectivity index (χ4n) is 1.49. The molecule has 20 heavy (non-hydrogen) atoms. The van der Waals surface area contributed by atoms with E-state index in [1.807, 2.05) is 12.1 Å². The van der Waals surface area contributed by atoms with Gasteiger partial charge in [-0.15, -0.1) is 11.3 Å². The van der Waals surface area contributed by atoms with Crippen molar-refractivity contribution in [2.24, 2.45) is 0 Å². The molecule has 0 unspecified atom stereocenters. The van der Waals surface area contributed by atoms with E-state index < -0.39 is 0 Å². The van der Waals surface area contributed by atoms with Crippen molar-refractivity contribution in [3.63, 3.8) is 0 Å². The fourth-order valence-corrected chi connectivity index (χ4v) is 2.77. The van der Waals surface area contributed by atoms with Crippen molar-refractivity contribution in [2.75, 3.05) is 0 Å². The predicted octanol–water partition coefficient (Wildman–Crippen LogP) is 2.30. The highest BCUT2D eigenvalue weighted by Crippen LogP contribution is 2.21. The second-order valence-corrected chi connectivity index (χ2v) is 6.43. The van der Waals surface area contributed by atoms with E-state index in [1.165, 1.54) is 11.3 Å². The van der Waals surface area contributed by atoms with Crippen molar-refractivity contribution in [3.05, 3.63) is 50.9 Å². The molecule has 0 aliphatic rings. The van der Waals surface area contributed by atoms with Crippen LogP contribution < -0.4 is 10.9 Å². The van der Waals surface area contributed by atoms with Gasteiger partial charge in [-0.2, -0.15) is 0 Å². The molecule has 0 bridgehead atoms. The van der Waals surface area contributed by atoms with Crippen LogP contribution in [-0.4, -0.2) is 16.8 Å². The first-order chi connectivity index (χ1) is 9.65. The van der Waals surface area contributed by atoms with Gasteiger partial charge in [0.2, 0.25) is 5.91 Å².